The van der Waals surface area contributed by atoms with Crippen molar-refractivity contribution < 1.29 is 12.8 Å². The number of rotatable bonds is 10. The van der Waals surface area contributed by atoms with E-state index in [-0.39, 0.29) is 17.6 Å². The molecule has 0 amide bonds. The van der Waals surface area contributed by atoms with Gasteiger partial charge in [-0.15, -0.1) is 0 Å². The van der Waals surface area contributed by atoms with Crippen molar-refractivity contribution in [3.05, 3.63) is 29.6 Å². The largest absolute Gasteiger partial charge is 0.370 e. The van der Waals surface area contributed by atoms with Gasteiger partial charge in [0.05, 0.1) is 18.0 Å². The summed E-state index contributed by atoms with van der Waals surface area (Å²) in [4.78, 5) is 6.46. The lowest BCUT2D eigenvalue weighted by molar-refractivity contribution is 0.581. The molecule has 0 saturated heterocycles. The lowest BCUT2D eigenvalue weighted by atomic mass is 10.2. The van der Waals surface area contributed by atoms with Crippen LogP contribution in [-0.4, -0.2) is 52.1 Å². The van der Waals surface area contributed by atoms with Gasteiger partial charge in [-0.05, 0) is 51.8 Å². The molecule has 0 aliphatic heterocycles. The Balaban J connectivity index is 2.78. The molecular weight excluding hydrogens is 367 g/mol. The van der Waals surface area contributed by atoms with Crippen LogP contribution in [0.15, 0.2) is 23.2 Å². The van der Waals surface area contributed by atoms with Gasteiger partial charge in [-0.3, -0.25) is 0 Å². The summed E-state index contributed by atoms with van der Waals surface area (Å²) in [5.74, 6) is 0.469. The van der Waals surface area contributed by atoms with Gasteiger partial charge in [-0.2, -0.15) is 0 Å². The lowest BCUT2D eigenvalue weighted by Crippen LogP contribution is -2.42. The van der Waals surface area contributed by atoms with Crippen molar-refractivity contribution in [1.29, 1.82) is 0 Å². The van der Waals surface area contributed by atoms with E-state index in [0.717, 1.165) is 18.7 Å². The van der Waals surface area contributed by atoms with Gasteiger partial charge in [0.25, 0.3) is 0 Å². The molecule has 0 aliphatic rings. The molecule has 1 rings (SSSR count). The molecule has 0 spiro atoms. The quantitative estimate of drug-likeness (QED) is 0.466. The highest BCUT2D eigenvalue weighted by Gasteiger charge is 2.11. The molecule has 1 unspecified atom stereocenters. The number of sulfone groups is 1. The molecule has 0 aliphatic carbocycles. The van der Waals surface area contributed by atoms with Crippen LogP contribution in [0.4, 0.5) is 10.1 Å². The summed E-state index contributed by atoms with van der Waals surface area (Å²) < 4.78 is 37.0. The van der Waals surface area contributed by atoms with Gasteiger partial charge in [0.1, 0.15) is 15.7 Å². The molecule has 1 atom stereocenters. The molecule has 6 nitrogen and oxygen atoms in total. The Kier molecular flexibility index (Phi) is 9.55. The summed E-state index contributed by atoms with van der Waals surface area (Å²) in [6.45, 7) is 10.4. The fraction of sp³-hybridized carbons (Fsp3) is 0.632. The molecule has 2 N–H and O–H groups in total. The third-order valence-corrected chi connectivity index (χ3v) is 5.16. The number of hydrogen-bond acceptors (Lipinski definition) is 4. The Labute approximate surface area is 163 Å². The third-order valence-electron chi connectivity index (χ3n) is 4.18. The van der Waals surface area contributed by atoms with E-state index in [1.54, 1.807) is 6.07 Å². The van der Waals surface area contributed by atoms with E-state index in [1.165, 1.54) is 12.3 Å². The predicted octanol–water partition coefficient (Wildman–Crippen LogP) is 2.55. The van der Waals surface area contributed by atoms with E-state index >= 15 is 0 Å². The Bertz CT molecular complexity index is 718. The van der Waals surface area contributed by atoms with Crippen molar-refractivity contribution >= 4 is 21.5 Å². The molecule has 154 valence electrons. The number of hydrogen-bond donors (Lipinski definition) is 2. The summed E-state index contributed by atoms with van der Waals surface area (Å²) in [5, 5.41) is 6.33. The number of nitrogens with one attached hydrogen (secondary N) is 2. The van der Waals surface area contributed by atoms with Crippen LogP contribution in [0.2, 0.25) is 0 Å². The van der Waals surface area contributed by atoms with Crippen molar-refractivity contribution in [3.8, 4) is 0 Å². The molecule has 1 aromatic rings. The first-order chi connectivity index (χ1) is 12.7. The molecule has 27 heavy (non-hydrogen) atoms. The number of halogens is 1. The van der Waals surface area contributed by atoms with E-state index in [0.29, 0.717) is 31.2 Å². The van der Waals surface area contributed by atoms with Crippen molar-refractivity contribution in [2.45, 2.75) is 46.7 Å². The van der Waals surface area contributed by atoms with Crippen molar-refractivity contribution in [1.82, 2.24) is 10.6 Å². The molecular formula is C19H33FN4O2S. The number of nitrogens with zero attached hydrogens (tertiary/aromatic N) is 2. The molecule has 0 heterocycles. The van der Waals surface area contributed by atoms with Crippen LogP contribution in [0.3, 0.4) is 0 Å². The topological polar surface area (TPSA) is 73.8 Å². The van der Waals surface area contributed by atoms with Crippen LogP contribution in [0.1, 0.15) is 39.7 Å². The molecule has 0 aromatic heterocycles. The maximum Gasteiger partial charge on any atom is 0.191 e. The maximum absolute atomic E-state index is 14.4. The van der Waals surface area contributed by atoms with Gasteiger partial charge in [0.2, 0.25) is 0 Å². The van der Waals surface area contributed by atoms with E-state index in [4.69, 9.17) is 0 Å². The third kappa shape index (κ3) is 8.60. The van der Waals surface area contributed by atoms with Crippen molar-refractivity contribution in [2.24, 2.45) is 4.99 Å². The number of benzene rings is 1. The van der Waals surface area contributed by atoms with Gasteiger partial charge in [-0.1, -0.05) is 6.07 Å². The number of anilines is 1. The molecule has 0 radical (unpaired) electrons. The fourth-order valence-corrected chi connectivity index (χ4v) is 3.44. The van der Waals surface area contributed by atoms with Gasteiger partial charge in [0.15, 0.2) is 5.96 Å². The molecule has 0 fully saturated rings. The summed E-state index contributed by atoms with van der Waals surface area (Å²) in [7, 11) is -2.99. The smallest absolute Gasteiger partial charge is 0.191 e. The minimum Gasteiger partial charge on any atom is -0.370 e. The monoisotopic (exact) mass is 400 g/mol. The fourth-order valence-electron chi connectivity index (χ4n) is 2.66. The van der Waals surface area contributed by atoms with Gasteiger partial charge in [-0.25, -0.2) is 17.8 Å². The van der Waals surface area contributed by atoms with Gasteiger partial charge in [0, 0.05) is 31.9 Å². The zero-order valence-electron chi connectivity index (χ0n) is 17.0. The standard InChI is InChI=1S/C19H33FN4O2S/c1-6-21-19(23-15(4)11-12-27(5,25)26)22-14-16-9-10-18(17(20)13-16)24(7-2)8-3/h9-10,13,15H,6-8,11-12,14H2,1-5H3,(H2,21,22,23). The van der Waals surface area contributed by atoms with Crippen LogP contribution >= 0.6 is 0 Å². The SMILES string of the molecule is CCNC(=NCc1ccc(N(CC)CC)c(F)c1)NC(C)CCS(C)(=O)=O. The van der Waals surface area contributed by atoms with Crippen LogP contribution in [-0.2, 0) is 16.4 Å². The molecule has 1 aromatic carbocycles. The molecule has 0 saturated carbocycles. The van der Waals surface area contributed by atoms with Crippen LogP contribution in [0, 0.1) is 5.82 Å². The van der Waals surface area contributed by atoms with Crippen LogP contribution < -0.4 is 15.5 Å². The average Bonchev–Trinajstić information content (AvgIpc) is 2.60. The minimum atomic E-state index is -2.99. The Morgan fingerprint density at radius 1 is 1.26 bits per heavy atom. The highest BCUT2D eigenvalue weighted by molar-refractivity contribution is 7.90. The zero-order chi connectivity index (χ0) is 20.4. The zero-order valence-corrected chi connectivity index (χ0v) is 17.9. The van der Waals surface area contributed by atoms with Gasteiger partial charge < -0.3 is 15.5 Å². The minimum absolute atomic E-state index is 0.0423. The maximum atomic E-state index is 14.4. The van der Waals surface area contributed by atoms with Crippen molar-refractivity contribution in [2.75, 3.05) is 36.5 Å². The Morgan fingerprint density at radius 2 is 1.93 bits per heavy atom. The lowest BCUT2D eigenvalue weighted by Gasteiger charge is -2.22. The second-order valence-corrected chi connectivity index (χ2v) is 8.88. The molecule has 0 bridgehead atoms. The number of aliphatic imine (C=N–C) groups is 1. The first-order valence-electron chi connectivity index (χ1n) is 9.46. The predicted molar refractivity (Wildman–Crippen MR) is 112 cm³/mol. The second kappa shape index (κ2) is 11.1. The highest BCUT2D eigenvalue weighted by Crippen LogP contribution is 2.20. The van der Waals surface area contributed by atoms with Crippen molar-refractivity contribution in [3.63, 3.8) is 0 Å². The van der Waals surface area contributed by atoms with E-state index in [1.807, 2.05) is 38.7 Å². The summed E-state index contributed by atoms with van der Waals surface area (Å²) in [6.07, 6.45) is 1.73. The van der Waals surface area contributed by atoms with Crippen LogP contribution in [0.25, 0.3) is 0 Å². The highest BCUT2D eigenvalue weighted by atomic mass is 32.2. The number of guanidine groups is 1. The summed E-state index contributed by atoms with van der Waals surface area (Å²) >= 11 is 0. The first kappa shape index (κ1) is 23.2. The van der Waals surface area contributed by atoms with E-state index < -0.39 is 9.84 Å². The molecule has 8 heteroatoms. The van der Waals surface area contributed by atoms with Gasteiger partial charge >= 0.3 is 0 Å². The van der Waals surface area contributed by atoms with E-state index in [9.17, 15) is 12.8 Å². The normalized spacial score (nSPS) is 13.3. The average molecular weight is 401 g/mol. The Morgan fingerprint density at radius 3 is 2.44 bits per heavy atom. The summed E-state index contributed by atoms with van der Waals surface area (Å²) in [5.41, 5.74) is 1.39. The van der Waals surface area contributed by atoms with Crippen LogP contribution in [0.5, 0.6) is 0 Å². The summed E-state index contributed by atoms with van der Waals surface area (Å²) in [6, 6.07) is 5.16. The first-order valence-corrected chi connectivity index (χ1v) is 11.5. The van der Waals surface area contributed by atoms with E-state index in [2.05, 4.69) is 15.6 Å². The Hall–Kier alpha value is -1.83. The second-order valence-electron chi connectivity index (χ2n) is 6.62.